The monoisotopic (exact) mass is 354 g/mol. The van der Waals surface area contributed by atoms with Crippen molar-refractivity contribution in [1.29, 1.82) is 0 Å². The van der Waals surface area contributed by atoms with E-state index in [4.69, 9.17) is 9.47 Å². The van der Waals surface area contributed by atoms with Crippen LogP contribution in [0.3, 0.4) is 0 Å². The highest BCUT2D eigenvalue weighted by molar-refractivity contribution is 5.96. The number of nitrogens with one attached hydrogen (secondary N) is 1. The van der Waals surface area contributed by atoms with Gasteiger partial charge in [-0.1, -0.05) is 30.3 Å². The van der Waals surface area contributed by atoms with Crippen molar-refractivity contribution in [3.63, 3.8) is 0 Å². The van der Waals surface area contributed by atoms with Crippen LogP contribution in [0.2, 0.25) is 0 Å². The van der Waals surface area contributed by atoms with Crippen LogP contribution in [0.15, 0.2) is 54.6 Å². The van der Waals surface area contributed by atoms with Gasteiger partial charge in [-0.05, 0) is 29.8 Å². The molecular formula is C20H22N2O4. The molecule has 1 unspecified atom stereocenters. The fourth-order valence-corrected chi connectivity index (χ4v) is 2.86. The van der Waals surface area contributed by atoms with Crippen molar-refractivity contribution < 1.29 is 19.1 Å². The highest BCUT2D eigenvalue weighted by Gasteiger charge is 2.25. The number of morpholine rings is 1. The van der Waals surface area contributed by atoms with Gasteiger partial charge in [-0.25, -0.2) is 0 Å². The van der Waals surface area contributed by atoms with E-state index in [0.717, 1.165) is 5.56 Å². The van der Waals surface area contributed by atoms with E-state index in [0.29, 0.717) is 31.0 Å². The maximum absolute atomic E-state index is 12.4. The third-order valence-corrected chi connectivity index (χ3v) is 4.34. The zero-order valence-corrected chi connectivity index (χ0v) is 14.7. The molecule has 0 radical (unpaired) electrons. The quantitative estimate of drug-likeness (QED) is 0.892. The fourth-order valence-electron chi connectivity index (χ4n) is 2.86. The number of benzene rings is 2. The van der Waals surface area contributed by atoms with Crippen molar-refractivity contribution in [2.75, 3.05) is 33.4 Å². The van der Waals surface area contributed by atoms with Crippen molar-refractivity contribution in [3.8, 4) is 5.75 Å². The molecule has 0 aliphatic carbocycles. The van der Waals surface area contributed by atoms with Crippen LogP contribution in [-0.4, -0.2) is 50.1 Å². The topological polar surface area (TPSA) is 67.9 Å². The molecule has 6 heteroatoms. The molecular weight excluding hydrogens is 332 g/mol. The van der Waals surface area contributed by atoms with Crippen LogP contribution in [0.4, 0.5) is 0 Å². The van der Waals surface area contributed by atoms with Crippen molar-refractivity contribution >= 4 is 11.8 Å². The Morgan fingerprint density at radius 3 is 2.58 bits per heavy atom. The summed E-state index contributed by atoms with van der Waals surface area (Å²) in [7, 11) is 1.57. The third-order valence-electron chi connectivity index (χ3n) is 4.34. The van der Waals surface area contributed by atoms with E-state index < -0.39 is 0 Å². The average molecular weight is 354 g/mol. The summed E-state index contributed by atoms with van der Waals surface area (Å²) in [6.07, 6.45) is -0.133. The standard InChI is InChI=1S/C20H22N2O4/c1-25-17-9-7-16(8-10-17)20(24)21-13-19(23)22-11-12-26-18(14-22)15-5-3-2-4-6-15/h2-10,18H,11-14H2,1H3,(H,21,24). The van der Waals surface area contributed by atoms with Gasteiger partial charge >= 0.3 is 0 Å². The third kappa shape index (κ3) is 4.40. The fraction of sp³-hybridized carbons (Fsp3) is 0.300. The normalized spacial score (nSPS) is 16.8. The number of hydrogen-bond donors (Lipinski definition) is 1. The van der Waals surface area contributed by atoms with Crippen LogP contribution >= 0.6 is 0 Å². The first-order valence-electron chi connectivity index (χ1n) is 8.54. The number of rotatable bonds is 5. The van der Waals surface area contributed by atoms with Gasteiger partial charge in [0.05, 0.1) is 26.8 Å². The Bertz CT molecular complexity index is 746. The molecule has 26 heavy (non-hydrogen) atoms. The molecule has 0 aromatic heterocycles. The summed E-state index contributed by atoms with van der Waals surface area (Å²) >= 11 is 0. The van der Waals surface area contributed by atoms with Gasteiger partial charge in [0, 0.05) is 12.1 Å². The predicted molar refractivity (Wildman–Crippen MR) is 97.0 cm³/mol. The Kier molecular flexibility index (Phi) is 5.86. The first-order valence-corrected chi connectivity index (χ1v) is 8.54. The maximum atomic E-state index is 12.4. The van der Waals surface area contributed by atoms with Gasteiger partial charge in [0.1, 0.15) is 11.9 Å². The number of methoxy groups -OCH3 is 1. The van der Waals surface area contributed by atoms with Gasteiger partial charge in [0.25, 0.3) is 5.91 Å². The van der Waals surface area contributed by atoms with Crippen molar-refractivity contribution in [1.82, 2.24) is 10.2 Å². The van der Waals surface area contributed by atoms with E-state index in [1.807, 2.05) is 30.3 Å². The van der Waals surface area contributed by atoms with E-state index in [-0.39, 0.29) is 24.5 Å². The van der Waals surface area contributed by atoms with Gasteiger partial charge in [-0.15, -0.1) is 0 Å². The summed E-state index contributed by atoms with van der Waals surface area (Å²) < 4.78 is 10.8. The summed E-state index contributed by atoms with van der Waals surface area (Å²) in [5, 5.41) is 2.68. The van der Waals surface area contributed by atoms with Gasteiger partial charge in [-0.3, -0.25) is 9.59 Å². The van der Waals surface area contributed by atoms with Crippen LogP contribution in [0.1, 0.15) is 22.0 Å². The Hall–Kier alpha value is -2.86. The second-order valence-electron chi connectivity index (χ2n) is 6.02. The van der Waals surface area contributed by atoms with E-state index in [9.17, 15) is 9.59 Å². The zero-order chi connectivity index (χ0) is 18.4. The summed E-state index contributed by atoms with van der Waals surface area (Å²) in [6, 6.07) is 16.6. The molecule has 0 saturated carbocycles. The number of carbonyl (C=O) groups is 2. The second-order valence-corrected chi connectivity index (χ2v) is 6.02. The lowest BCUT2D eigenvalue weighted by Gasteiger charge is -2.33. The lowest BCUT2D eigenvalue weighted by molar-refractivity contribution is -0.137. The van der Waals surface area contributed by atoms with Gasteiger partial charge in [0.2, 0.25) is 5.91 Å². The molecule has 2 aromatic rings. The Labute approximate surface area is 152 Å². The Morgan fingerprint density at radius 1 is 1.15 bits per heavy atom. The molecule has 136 valence electrons. The lowest BCUT2D eigenvalue weighted by Crippen LogP contribution is -2.46. The number of ether oxygens (including phenoxy) is 2. The van der Waals surface area contributed by atoms with E-state index in [1.165, 1.54) is 0 Å². The highest BCUT2D eigenvalue weighted by atomic mass is 16.5. The van der Waals surface area contributed by atoms with Crippen LogP contribution < -0.4 is 10.1 Å². The first-order chi connectivity index (χ1) is 12.7. The smallest absolute Gasteiger partial charge is 0.251 e. The Balaban J connectivity index is 1.53. The van der Waals surface area contributed by atoms with Gasteiger partial charge in [0.15, 0.2) is 0 Å². The molecule has 1 aliphatic rings. The largest absolute Gasteiger partial charge is 0.497 e. The van der Waals surface area contributed by atoms with Crippen LogP contribution in [0.5, 0.6) is 5.75 Å². The number of carbonyl (C=O) groups excluding carboxylic acids is 2. The summed E-state index contributed by atoms with van der Waals surface area (Å²) in [4.78, 5) is 26.3. The molecule has 1 saturated heterocycles. The van der Waals surface area contributed by atoms with Crippen LogP contribution in [-0.2, 0) is 9.53 Å². The molecule has 1 fully saturated rings. The zero-order valence-electron chi connectivity index (χ0n) is 14.7. The number of nitrogens with zero attached hydrogens (tertiary/aromatic N) is 1. The van der Waals surface area contributed by atoms with E-state index in [2.05, 4.69) is 5.32 Å². The molecule has 2 aromatic carbocycles. The number of amides is 2. The van der Waals surface area contributed by atoms with E-state index in [1.54, 1.807) is 36.3 Å². The maximum Gasteiger partial charge on any atom is 0.251 e. The molecule has 2 amide bonds. The molecule has 3 rings (SSSR count). The summed E-state index contributed by atoms with van der Waals surface area (Å²) in [5.41, 5.74) is 1.54. The predicted octanol–water partition coefficient (Wildman–Crippen LogP) is 2.03. The van der Waals surface area contributed by atoms with Gasteiger partial charge < -0.3 is 19.7 Å². The lowest BCUT2D eigenvalue weighted by atomic mass is 10.1. The Morgan fingerprint density at radius 2 is 1.88 bits per heavy atom. The minimum atomic E-state index is -0.283. The molecule has 0 spiro atoms. The molecule has 6 nitrogen and oxygen atoms in total. The van der Waals surface area contributed by atoms with Crippen LogP contribution in [0.25, 0.3) is 0 Å². The minimum Gasteiger partial charge on any atom is -0.497 e. The van der Waals surface area contributed by atoms with Crippen molar-refractivity contribution in [2.45, 2.75) is 6.10 Å². The van der Waals surface area contributed by atoms with Crippen molar-refractivity contribution in [2.24, 2.45) is 0 Å². The molecule has 1 aliphatic heterocycles. The van der Waals surface area contributed by atoms with Gasteiger partial charge in [-0.2, -0.15) is 0 Å². The van der Waals surface area contributed by atoms with Crippen LogP contribution in [0, 0.1) is 0 Å². The number of hydrogen-bond acceptors (Lipinski definition) is 4. The SMILES string of the molecule is COc1ccc(C(=O)NCC(=O)N2CCOC(c3ccccc3)C2)cc1. The second kappa shape index (κ2) is 8.49. The summed E-state index contributed by atoms with van der Waals surface area (Å²) in [6.45, 7) is 1.46. The first kappa shape index (κ1) is 17.9. The van der Waals surface area contributed by atoms with E-state index >= 15 is 0 Å². The molecule has 1 heterocycles. The summed E-state index contributed by atoms with van der Waals surface area (Å²) in [5.74, 6) is 0.280. The minimum absolute atomic E-state index is 0.0353. The molecule has 0 bridgehead atoms. The highest BCUT2D eigenvalue weighted by Crippen LogP contribution is 2.21. The molecule has 1 atom stereocenters. The average Bonchev–Trinajstić information content (AvgIpc) is 2.72. The molecule has 1 N–H and O–H groups in total. The van der Waals surface area contributed by atoms with Crippen molar-refractivity contribution in [3.05, 3.63) is 65.7 Å².